The number of halogens is 2. The lowest BCUT2D eigenvalue weighted by Crippen LogP contribution is -2.08. The van der Waals surface area contributed by atoms with E-state index in [1.54, 1.807) is 0 Å². The Labute approximate surface area is 95.8 Å². The molecule has 0 aromatic heterocycles. The molecule has 1 nitrogen and oxygen atoms in total. The number of rotatable bonds is 3. The van der Waals surface area contributed by atoms with Gasteiger partial charge in [0.1, 0.15) is 5.82 Å². The van der Waals surface area contributed by atoms with Gasteiger partial charge < -0.3 is 5.32 Å². The summed E-state index contributed by atoms with van der Waals surface area (Å²) in [7, 11) is 0. The van der Waals surface area contributed by atoms with Crippen LogP contribution in [-0.4, -0.2) is 13.1 Å². The fraction of sp³-hybridized carbons (Fsp3) is 0.333. The average Bonchev–Trinajstić information content (AvgIpc) is 2.70. The number of benzene rings is 1. The molecule has 1 aromatic carbocycles. The van der Waals surface area contributed by atoms with E-state index in [0.29, 0.717) is 0 Å². The molecule has 0 radical (unpaired) electrons. The van der Waals surface area contributed by atoms with E-state index in [-0.39, 0.29) is 18.2 Å². The molecule has 82 valence electrons. The van der Waals surface area contributed by atoms with E-state index in [1.807, 2.05) is 12.1 Å². The highest BCUT2D eigenvalue weighted by molar-refractivity contribution is 5.85. The maximum atomic E-state index is 12.6. The van der Waals surface area contributed by atoms with E-state index < -0.39 is 0 Å². The molecular formula is C12H15ClFN. The first-order chi connectivity index (χ1) is 6.84. The van der Waals surface area contributed by atoms with Crippen LogP contribution in [-0.2, 0) is 6.42 Å². The normalized spacial score (nSPS) is 14.6. The Morgan fingerprint density at radius 2 is 1.87 bits per heavy atom. The van der Waals surface area contributed by atoms with Crippen LogP contribution in [0.25, 0.3) is 0 Å². The molecule has 0 saturated carbocycles. The van der Waals surface area contributed by atoms with Gasteiger partial charge in [0.15, 0.2) is 0 Å². The molecule has 0 saturated heterocycles. The third-order valence-corrected chi connectivity index (χ3v) is 2.54. The van der Waals surface area contributed by atoms with Gasteiger partial charge in [0.05, 0.1) is 0 Å². The zero-order valence-electron chi connectivity index (χ0n) is 8.50. The minimum absolute atomic E-state index is 0. The Kier molecular flexibility index (Phi) is 4.79. The Bertz CT molecular complexity index is 332. The Hall–Kier alpha value is -0.860. The van der Waals surface area contributed by atoms with Gasteiger partial charge in [-0.1, -0.05) is 23.8 Å². The molecule has 1 aliphatic rings. The summed E-state index contributed by atoms with van der Waals surface area (Å²) in [6.07, 6.45) is 4.33. The van der Waals surface area contributed by atoms with Crippen molar-refractivity contribution in [2.75, 3.05) is 13.1 Å². The van der Waals surface area contributed by atoms with Crippen molar-refractivity contribution >= 4 is 12.4 Å². The Morgan fingerprint density at radius 3 is 2.47 bits per heavy atom. The second-order valence-corrected chi connectivity index (χ2v) is 3.62. The van der Waals surface area contributed by atoms with Crippen LogP contribution in [0.3, 0.4) is 0 Å². The molecule has 0 unspecified atom stereocenters. The zero-order valence-corrected chi connectivity index (χ0v) is 9.32. The second kappa shape index (κ2) is 5.89. The maximum absolute atomic E-state index is 12.6. The maximum Gasteiger partial charge on any atom is 0.123 e. The van der Waals surface area contributed by atoms with Crippen LogP contribution in [0, 0.1) is 5.82 Å². The van der Waals surface area contributed by atoms with Gasteiger partial charge in [0.2, 0.25) is 0 Å². The molecule has 0 bridgehead atoms. The van der Waals surface area contributed by atoms with Gasteiger partial charge in [-0.2, -0.15) is 0 Å². The van der Waals surface area contributed by atoms with Crippen LogP contribution >= 0.6 is 12.4 Å². The molecule has 1 aliphatic heterocycles. The van der Waals surface area contributed by atoms with Crippen molar-refractivity contribution in [1.82, 2.24) is 5.32 Å². The predicted octanol–water partition coefficient (Wildman–Crippen LogP) is 2.71. The van der Waals surface area contributed by atoms with E-state index in [2.05, 4.69) is 11.4 Å². The van der Waals surface area contributed by atoms with Crippen molar-refractivity contribution in [2.24, 2.45) is 0 Å². The average molecular weight is 228 g/mol. The zero-order chi connectivity index (χ0) is 9.80. The highest BCUT2D eigenvalue weighted by atomic mass is 35.5. The van der Waals surface area contributed by atoms with Crippen molar-refractivity contribution in [3.8, 4) is 0 Å². The summed E-state index contributed by atoms with van der Waals surface area (Å²) >= 11 is 0. The molecular weight excluding hydrogens is 213 g/mol. The van der Waals surface area contributed by atoms with Gasteiger partial charge in [-0.3, -0.25) is 0 Å². The SMILES string of the molecule is Cl.Fc1ccc(CCC2=CCNC2)cc1. The standard InChI is InChI=1S/C12H14FN.ClH/c13-12-5-3-10(4-6-12)1-2-11-7-8-14-9-11;/h3-7,14H,1-2,8-9H2;1H. The Balaban J connectivity index is 0.00000112. The number of hydrogen-bond donors (Lipinski definition) is 1. The van der Waals surface area contributed by atoms with Crippen LogP contribution in [0.4, 0.5) is 4.39 Å². The van der Waals surface area contributed by atoms with Crippen molar-refractivity contribution in [1.29, 1.82) is 0 Å². The smallest absolute Gasteiger partial charge is 0.123 e. The first-order valence-corrected chi connectivity index (χ1v) is 4.98. The highest BCUT2D eigenvalue weighted by Crippen LogP contribution is 2.11. The van der Waals surface area contributed by atoms with Gasteiger partial charge in [-0.25, -0.2) is 4.39 Å². The monoisotopic (exact) mass is 227 g/mol. The van der Waals surface area contributed by atoms with E-state index >= 15 is 0 Å². The number of aryl methyl sites for hydroxylation is 1. The molecule has 0 aliphatic carbocycles. The van der Waals surface area contributed by atoms with E-state index in [9.17, 15) is 4.39 Å². The van der Waals surface area contributed by atoms with Crippen molar-refractivity contribution in [3.05, 3.63) is 47.3 Å². The first kappa shape index (κ1) is 12.2. The topological polar surface area (TPSA) is 12.0 Å². The van der Waals surface area contributed by atoms with Crippen molar-refractivity contribution in [3.63, 3.8) is 0 Å². The number of hydrogen-bond acceptors (Lipinski definition) is 1. The fourth-order valence-corrected chi connectivity index (χ4v) is 1.67. The molecule has 15 heavy (non-hydrogen) atoms. The van der Waals surface area contributed by atoms with Crippen molar-refractivity contribution < 1.29 is 4.39 Å². The Morgan fingerprint density at radius 1 is 1.13 bits per heavy atom. The van der Waals surface area contributed by atoms with Crippen LogP contribution in [0.2, 0.25) is 0 Å². The summed E-state index contributed by atoms with van der Waals surface area (Å²) in [6.45, 7) is 2.01. The van der Waals surface area contributed by atoms with Gasteiger partial charge in [-0.05, 0) is 30.5 Å². The van der Waals surface area contributed by atoms with E-state index in [1.165, 1.54) is 23.3 Å². The van der Waals surface area contributed by atoms with Crippen molar-refractivity contribution in [2.45, 2.75) is 12.8 Å². The fourth-order valence-electron chi connectivity index (χ4n) is 1.67. The lowest BCUT2D eigenvalue weighted by Gasteiger charge is -2.02. The van der Waals surface area contributed by atoms with Crippen LogP contribution in [0.15, 0.2) is 35.9 Å². The van der Waals surface area contributed by atoms with Crippen LogP contribution < -0.4 is 5.32 Å². The van der Waals surface area contributed by atoms with Gasteiger partial charge in [0, 0.05) is 13.1 Å². The quantitative estimate of drug-likeness (QED) is 0.783. The minimum atomic E-state index is -0.157. The summed E-state index contributed by atoms with van der Waals surface area (Å²) in [6, 6.07) is 6.77. The third kappa shape index (κ3) is 3.65. The van der Waals surface area contributed by atoms with E-state index in [4.69, 9.17) is 0 Å². The number of nitrogens with one attached hydrogen (secondary N) is 1. The summed E-state index contributed by atoms with van der Waals surface area (Å²) in [5.74, 6) is -0.157. The molecule has 1 N–H and O–H groups in total. The molecule has 0 fully saturated rings. The summed E-state index contributed by atoms with van der Waals surface area (Å²) in [5, 5.41) is 3.27. The lowest BCUT2D eigenvalue weighted by atomic mass is 10.1. The summed E-state index contributed by atoms with van der Waals surface area (Å²) in [4.78, 5) is 0. The molecule has 0 spiro atoms. The first-order valence-electron chi connectivity index (χ1n) is 4.98. The van der Waals surface area contributed by atoms with Gasteiger partial charge in [0.25, 0.3) is 0 Å². The molecule has 2 rings (SSSR count). The van der Waals surface area contributed by atoms with Crippen LogP contribution in [0.5, 0.6) is 0 Å². The summed E-state index contributed by atoms with van der Waals surface area (Å²) < 4.78 is 12.6. The molecule has 3 heteroatoms. The molecule has 1 aromatic rings. The van der Waals surface area contributed by atoms with E-state index in [0.717, 1.165) is 25.9 Å². The lowest BCUT2D eigenvalue weighted by molar-refractivity contribution is 0.627. The third-order valence-electron chi connectivity index (χ3n) is 2.54. The molecule has 0 atom stereocenters. The second-order valence-electron chi connectivity index (χ2n) is 3.62. The molecule has 0 amide bonds. The highest BCUT2D eigenvalue weighted by Gasteiger charge is 2.03. The predicted molar refractivity (Wildman–Crippen MR) is 62.9 cm³/mol. The summed E-state index contributed by atoms with van der Waals surface area (Å²) in [5.41, 5.74) is 2.67. The van der Waals surface area contributed by atoms with Crippen LogP contribution in [0.1, 0.15) is 12.0 Å². The van der Waals surface area contributed by atoms with Gasteiger partial charge >= 0.3 is 0 Å². The van der Waals surface area contributed by atoms with Gasteiger partial charge in [-0.15, -0.1) is 12.4 Å². The largest absolute Gasteiger partial charge is 0.310 e. The minimum Gasteiger partial charge on any atom is -0.310 e. The molecule has 1 heterocycles.